The van der Waals surface area contributed by atoms with Crippen LogP contribution in [0.4, 0.5) is 13.2 Å². The second-order valence-electron chi connectivity index (χ2n) is 12.7. The van der Waals surface area contributed by atoms with Gasteiger partial charge in [-0.2, -0.15) is 0 Å². The Labute approximate surface area is 273 Å². The van der Waals surface area contributed by atoms with E-state index in [0.29, 0.717) is 61.5 Å². The van der Waals surface area contributed by atoms with E-state index >= 15 is 8.78 Å². The van der Waals surface area contributed by atoms with Crippen molar-refractivity contribution in [2.45, 2.75) is 70.5 Å². The van der Waals surface area contributed by atoms with Crippen molar-refractivity contribution < 1.29 is 32.2 Å². The van der Waals surface area contributed by atoms with Crippen molar-refractivity contribution in [2.75, 3.05) is 32.8 Å². The number of nitrogens with one attached hydrogen (secondary N) is 3. The summed E-state index contributed by atoms with van der Waals surface area (Å²) in [6.07, 6.45) is 2.30. The van der Waals surface area contributed by atoms with Crippen LogP contribution in [-0.2, 0) is 16.1 Å². The molecule has 4 unspecified atom stereocenters. The van der Waals surface area contributed by atoms with Crippen LogP contribution >= 0.6 is 0 Å². The van der Waals surface area contributed by atoms with Gasteiger partial charge in [0.25, 0.3) is 5.91 Å². The van der Waals surface area contributed by atoms with E-state index in [1.807, 2.05) is 13.8 Å². The Kier molecular flexibility index (Phi) is 11.1. The van der Waals surface area contributed by atoms with Gasteiger partial charge < -0.3 is 30.5 Å². The summed E-state index contributed by atoms with van der Waals surface area (Å²) in [4.78, 5) is 29.1. The molecular weight excluding hydrogens is 611 g/mol. The quantitative estimate of drug-likeness (QED) is 0.273. The highest BCUT2D eigenvalue weighted by molar-refractivity contribution is 6.10. The summed E-state index contributed by atoms with van der Waals surface area (Å²) in [7, 11) is 0. The molecule has 0 saturated carbocycles. The number of benzene rings is 2. The Morgan fingerprint density at radius 3 is 2.53 bits per heavy atom. The Balaban J connectivity index is 1.32. The van der Waals surface area contributed by atoms with Crippen LogP contribution in [0.1, 0.15) is 61.0 Å². The number of allylic oxidation sites excluding steroid dienone is 2. The third-order valence-corrected chi connectivity index (χ3v) is 8.98. The summed E-state index contributed by atoms with van der Waals surface area (Å²) in [5.74, 6) is -1.10. The van der Waals surface area contributed by atoms with E-state index in [4.69, 9.17) is 20.3 Å². The Bertz CT molecular complexity index is 1520. The molecular formula is C35H42F3N5O4. The molecule has 2 aromatic rings. The fourth-order valence-corrected chi connectivity index (χ4v) is 6.10. The van der Waals surface area contributed by atoms with Gasteiger partial charge >= 0.3 is 0 Å². The van der Waals surface area contributed by atoms with Crippen molar-refractivity contribution in [3.05, 3.63) is 71.1 Å². The molecule has 252 valence electrons. The van der Waals surface area contributed by atoms with E-state index in [1.54, 1.807) is 46.2 Å². The maximum atomic E-state index is 15.5. The average molecular weight is 654 g/mol. The average Bonchev–Trinajstić information content (AvgIpc) is 3.46. The monoisotopic (exact) mass is 653 g/mol. The third-order valence-electron chi connectivity index (χ3n) is 8.98. The Hall–Kier alpha value is -4.03. The highest BCUT2D eigenvalue weighted by Gasteiger charge is 2.38. The first kappa shape index (κ1) is 34.3. The lowest BCUT2D eigenvalue weighted by molar-refractivity contribution is -0.128. The number of halogens is 3. The van der Waals surface area contributed by atoms with Gasteiger partial charge in [-0.25, -0.2) is 13.2 Å². The van der Waals surface area contributed by atoms with Gasteiger partial charge in [0.1, 0.15) is 29.7 Å². The van der Waals surface area contributed by atoms with Crippen LogP contribution < -0.4 is 10.1 Å². The lowest BCUT2D eigenvalue weighted by atomic mass is 9.97. The van der Waals surface area contributed by atoms with Crippen molar-refractivity contribution in [2.24, 2.45) is 5.92 Å². The standard InChI is InChI=1S/C35H42F3N5O4/c1-21(2)29(39)9-10-30(40)22-5-7-24(8-6-22)47-33-17-25(26(36)16-23(33)18-43-13-3-4-34(43)44)35(45)41-31-11-14-42(19-27(31)37)32-12-15-46-20-28(32)38/h5-10,16-17,21,27-28,31-32,39-40H,3-4,11-15,18-20H2,1-2H3,(H,41,45)/b10-9-,39-29?,40-30?. The molecule has 12 heteroatoms. The number of rotatable bonds is 11. The highest BCUT2D eigenvalue weighted by atomic mass is 19.1. The minimum Gasteiger partial charge on any atom is -0.457 e. The number of carbonyl (C=O) groups is 2. The number of hydrogen-bond acceptors (Lipinski definition) is 7. The van der Waals surface area contributed by atoms with Crippen molar-refractivity contribution in [1.82, 2.24) is 15.1 Å². The SMILES string of the molecule is CC(C)C(=N)/C=C\C(=N)c1ccc(Oc2cc(C(=O)NC3CCN(C4CCOCC4F)CC3F)c(F)cc2CN2CCCC2=O)cc1. The second-order valence-corrected chi connectivity index (χ2v) is 12.7. The second kappa shape index (κ2) is 15.2. The topological polar surface area (TPSA) is 119 Å². The van der Waals surface area contributed by atoms with Crippen molar-refractivity contribution in [1.29, 1.82) is 10.8 Å². The van der Waals surface area contributed by atoms with E-state index in [-0.39, 0.29) is 55.0 Å². The van der Waals surface area contributed by atoms with E-state index in [1.165, 1.54) is 12.1 Å². The number of piperidine rings is 1. The number of carbonyl (C=O) groups excluding carboxylic acids is 2. The van der Waals surface area contributed by atoms with E-state index < -0.39 is 36.2 Å². The highest BCUT2D eigenvalue weighted by Crippen LogP contribution is 2.31. The van der Waals surface area contributed by atoms with E-state index in [9.17, 15) is 14.0 Å². The van der Waals surface area contributed by atoms with Crippen LogP contribution in [0.2, 0.25) is 0 Å². The number of hydrogen-bond donors (Lipinski definition) is 3. The molecule has 3 heterocycles. The van der Waals surface area contributed by atoms with Crippen LogP contribution in [0.15, 0.2) is 48.6 Å². The van der Waals surface area contributed by atoms with Gasteiger partial charge in [-0.3, -0.25) is 14.5 Å². The largest absolute Gasteiger partial charge is 0.457 e. The third kappa shape index (κ3) is 8.47. The molecule has 47 heavy (non-hydrogen) atoms. The summed E-state index contributed by atoms with van der Waals surface area (Å²) in [6.45, 7) is 5.17. The molecule has 3 aliphatic rings. The molecule has 0 aromatic heterocycles. The summed E-state index contributed by atoms with van der Waals surface area (Å²) >= 11 is 0. The molecule has 3 aliphatic heterocycles. The smallest absolute Gasteiger partial charge is 0.254 e. The van der Waals surface area contributed by atoms with Gasteiger partial charge in [-0.05, 0) is 79.3 Å². The predicted octanol–water partition coefficient (Wildman–Crippen LogP) is 5.61. The molecule has 9 nitrogen and oxygen atoms in total. The van der Waals surface area contributed by atoms with Crippen LogP contribution in [0.3, 0.4) is 0 Å². The fraction of sp³-hybridized carbons (Fsp3) is 0.486. The maximum Gasteiger partial charge on any atom is 0.254 e. The summed E-state index contributed by atoms with van der Waals surface area (Å²) in [5.41, 5.74) is 1.26. The summed E-state index contributed by atoms with van der Waals surface area (Å²) < 4.78 is 56.4. The number of likely N-dealkylation sites (tertiary alicyclic amines) is 2. The normalized spacial score (nSPS) is 23.8. The fourth-order valence-electron chi connectivity index (χ4n) is 6.10. The molecule has 2 amide bonds. The number of alkyl halides is 2. The predicted molar refractivity (Wildman–Crippen MR) is 173 cm³/mol. The molecule has 3 fully saturated rings. The first-order chi connectivity index (χ1) is 22.5. The van der Waals surface area contributed by atoms with Crippen LogP contribution in [-0.4, -0.2) is 90.3 Å². The molecule has 4 atom stereocenters. The van der Waals surface area contributed by atoms with Crippen LogP contribution in [0, 0.1) is 22.6 Å². The molecule has 0 bridgehead atoms. The molecule has 2 aromatic carbocycles. The minimum atomic E-state index is -1.47. The zero-order valence-electron chi connectivity index (χ0n) is 26.7. The molecule has 0 spiro atoms. The first-order valence-electron chi connectivity index (χ1n) is 16.1. The zero-order valence-corrected chi connectivity index (χ0v) is 26.7. The van der Waals surface area contributed by atoms with Gasteiger partial charge in [0.2, 0.25) is 5.91 Å². The summed E-state index contributed by atoms with van der Waals surface area (Å²) in [5, 5.41) is 18.9. The first-order valence-corrected chi connectivity index (χ1v) is 16.1. The Morgan fingerprint density at radius 2 is 1.87 bits per heavy atom. The zero-order chi connectivity index (χ0) is 33.7. The van der Waals surface area contributed by atoms with Gasteiger partial charge in [0.15, 0.2) is 0 Å². The van der Waals surface area contributed by atoms with Gasteiger partial charge in [-0.15, -0.1) is 0 Å². The van der Waals surface area contributed by atoms with Crippen molar-refractivity contribution in [3.8, 4) is 11.5 Å². The lowest BCUT2D eigenvalue weighted by Gasteiger charge is -2.42. The number of ether oxygens (including phenoxy) is 2. The molecule has 0 aliphatic carbocycles. The molecule has 5 rings (SSSR count). The van der Waals surface area contributed by atoms with Crippen LogP contribution in [0.5, 0.6) is 11.5 Å². The van der Waals surface area contributed by atoms with Crippen LogP contribution in [0.25, 0.3) is 0 Å². The lowest BCUT2D eigenvalue weighted by Crippen LogP contribution is -2.57. The maximum absolute atomic E-state index is 15.5. The van der Waals surface area contributed by atoms with Gasteiger partial charge in [0.05, 0.1) is 23.9 Å². The molecule has 3 N–H and O–H groups in total. The van der Waals surface area contributed by atoms with Gasteiger partial charge in [-0.1, -0.05) is 13.8 Å². The van der Waals surface area contributed by atoms with E-state index in [0.717, 1.165) is 0 Å². The van der Waals surface area contributed by atoms with Crippen molar-refractivity contribution in [3.63, 3.8) is 0 Å². The Morgan fingerprint density at radius 1 is 1.11 bits per heavy atom. The summed E-state index contributed by atoms with van der Waals surface area (Å²) in [6, 6.07) is 7.79. The van der Waals surface area contributed by atoms with E-state index in [2.05, 4.69) is 5.32 Å². The number of nitrogens with zero attached hydrogens (tertiary/aromatic N) is 2. The number of amides is 2. The minimum absolute atomic E-state index is 0.0140. The molecule has 0 radical (unpaired) electrons. The van der Waals surface area contributed by atoms with Gasteiger partial charge in [0, 0.05) is 56.5 Å². The molecule has 3 saturated heterocycles. The van der Waals surface area contributed by atoms with Crippen molar-refractivity contribution >= 4 is 23.2 Å².